The van der Waals surface area contributed by atoms with Crippen molar-refractivity contribution in [3.8, 4) is 0 Å². The molecule has 0 aromatic rings. The molecule has 1 saturated heterocycles. The van der Waals surface area contributed by atoms with E-state index in [9.17, 15) is 13.2 Å². The van der Waals surface area contributed by atoms with Crippen LogP contribution in [0.5, 0.6) is 0 Å². The Labute approximate surface area is 68.9 Å². The molecule has 0 aliphatic carbocycles. The molecule has 1 rings (SSSR count). The fraction of sp³-hybridized carbons (Fsp3) is 1.00. The van der Waals surface area contributed by atoms with Crippen molar-refractivity contribution in [3.63, 3.8) is 0 Å². The highest BCUT2D eigenvalue weighted by atomic mass is 19.4. The van der Waals surface area contributed by atoms with Gasteiger partial charge < -0.3 is 10.5 Å². The molecule has 0 bridgehead atoms. The van der Waals surface area contributed by atoms with Gasteiger partial charge in [-0.25, -0.2) is 0 Å². The lowest BCUT2D eigenvalue weighted by molar-refractivity contribution is -0.162. The smallest absolute Gasteiger partial charge is 0.378 e. The zero-order valence-corrected chi connectivity index (χ0v) is 6.77. The van der Waals surface area contributed by atoms with Gasteiger partial charge in [0.1, 0.15) is 6.04 Å². The Morgan fingerprint density at radius 2 is 2.08 bits per heavy atom. The van der Waals surface area contributed by atoms with Gasteiger partial charge in [0.05, 0.1) is 6.10 Å². The van der Waals surface area contributed by atoms with E-state index in [1.54, 1.807) is 6.92 Å². The summed E-state index contributed by atoms with van der Waals surface area (Å²) in [5.74, 6) is -0.579. The lowest BCUT2D eigenvalue weighted by Gasteiger charge is -2.23. The summed E-state index contributed by atoms with van der Waals surface area (Å²) in [7, 11) is 0. The van der Waals surface area contributed by atoms with E-state index in [1.165, 1.54) is 0 Å². The highest BCUT2D eigenvalue weighted by molar-refractivity contribution is 4.86. The summed E-state index contributed by atoms with van der Waals surface area (Å²) in [5, 5.41) is 0. The molecule has 1 aliphatic rings. The van der Waals surface area contributed by atoms with Crippen molar-refractivity contribution < 1.29 is 17.9 Å². The van der Waals surface area contributed by atoms with Crippen LogP contribution in [0.1, 0.15) is 13.3 Å². The monoisotopic (exact) mass is 183 g/mol. The van der Waals surface area contributed by atoms with Crippen molar-refractivity contribution in [3.05, 3.63) is 0 Å². The van der Waals surface area contributed by atoms with Gasteiger partial charge in [-0.05, 0) is 13.3 Å². The van der Waals surface area contributed by atoms with E-state index in [-0.39, 0.29) is 6.10 Å². The summed E-state index contributed by atoms with van der Waals surface area (Å²) in [6.07, 6.45) is -4.27. The fourth-order valence-electron chi connectivity index (χ4n) is 1.46. The Morgan fingerprint density at radius 1 is 1.50 bits per heavy atom. The maximum Gasteiger partial charge on any atom is 0.404 e. The number of rotatable bonds is 1. The first-order chi connectivity index (χ1) is 5.43. The summed E-state index contributed by atoms with van der Waals surface area (Å²) in [6.45, 7) is 2.01. The Morgan fingerprint density at radius 3 is 2.42 bits per heavy atom. The quantitative estimate of drug-likeness (QED) is 0.665. The molecule has 2 nitrogen and oxygen atoms in total. The molecule has 1 aliphatic heterocycles. The molecule has 3 atom stereocenters. The molecule has 0 amide bonds. The molecule has 3 unspecified atom stereocenters. The van der Waals surface area contributed by atoms with Crippen molar-refractivity contribution in [1.82, 2.24) is 0 Å². The van der Waals surface area contributed by atoms with Gasteiger partial charge in [0, 0.05) is 12.5 Å². The van der Waals surface area contributed by atoms with Gasteiger partial charge in [0.25, 0.3) is 0 Å². The van der Waals surface area contributed by atoms with E-state index in [0.717, 1.165) is 0 Å². The van der Waals surface area contributed by atoms with Gasteiger partial charge in [-0.2, -0.15) is 13.2 Å². The third-order valence-electron chi connectivity index (χ3n) is 2.27. The summed E-state index contributed by atoms with van der Waals surface area (Å²) < 4.78 is 41.3. The minimum atomic E-state index is -4.30. The molecule has 0 saturated carbocycles. The van der Waals surface area contributed by atoms with Gasteiger partial charge in [-0.1, -0.05) is 0 Å². The van der Waals surface area contributed by atoms with Gasteiger partial charge >= 0.3 is 6.18 Å². The Kier molecular flexibility index (Phi) is 2.63. The highest BCUT2D eigenvalue weighted by Crippen LogP contribution is 2.31. The average molecular weight is 183 g/mol. The average Bonchev–Trinajstić information content (AvgIpc) is 2.31. The van der Waals surface area contributed by atoms with Crippen LogP contribution >= 0.6 is 0 Å². The zero-order chi connectivity index (χ0) is 9.35. The molecule has 0 aromatic carbocycles. The number of hydrogen-bond acceptors (Lipinski definition) is 2. The van der Waals surface area contributed by atoms with Crippen LogP contribution in [0.2, 0.25) is 0 Å². The van der Waals surface area contributed by atoms with Crippen molar-refractivity contribution in [1.29, 1.82) is 0 Å². The zero-order valence-electron chi connectivity index (χ0n) is 6.77. The standard InChI is InChI=1S/C7H12F3NO/c1-4-5(2-3-12-4)6(11)7(8,9)10/h4-6H,2-3,11H2,1H3. The van der Waals surface area contributed by atoms with E-state index >= 15 is 0 Å². The number of alkyl halides is 3. The van der Waals surface area contributed by atoms with E-state index < -0.39 is 18.1 Å². The Hall–Kier alpha value is -0.290. The summed E-state index contributed by atoms with van der Waals surface area (Å²) in [5.41, 5.74) is 5.04. The molecule has 72 valence electrons. The topological polar surface area (TPSA) is 35.2 Å². The second-order valence-electron chi connectivity index (χ2n) is 3.10. The first kappa shape index (κ1) is 9.80. The third-order valence-corrected chi connectivity index (χ3v) is 2.27. The van der Waals surface area contributed by atoms with Crippen molar-refractivity contribution >= 4 is 0 Å². The summed E-state index contributed by atoms with van der Waals surface area (Å²) in [4.78, 5) is 0. The van der Waals surface area contributed by atoms with Crippen molar-refractivity contribution in [2.45, 2.75) is 31.7 Å². The van der Waals surface area contributed by atoms with E-state index in [0.29, 0.717) is 13.0 Å². The number of halogens is 3. The van der Waals surface area contributed by atoms with Crippen molar-refractivity contribution in [2.24, 2.45) is 11.7 Å². The van der Waals surface area contributed by atoms with Gasteiger partial charge in [0.15, 0.2) is 0 Å². The van der Waals surface area contributed by atoms with E-state index in [2.05, 4.69) is 0 Å². The molecule has 1 fully saturated rings. The van der Waals surface area contributed by atoms with Crippen LogP contribution in [-0.2, 0) is 4.74 Å². The Bertz CT molecular complexity index is 159. The first-order valence-corrected chi connectivity index (χ1v) is 3.87. The van der Waals surface area contributed by atoms with Crippen LogP contribution in [0.25, 0.3) is 0 Å². The van der Waals surface area contributed by atoms with Gasteiger partial charge in [0.2, 0.25) is 0 Å². The SMILES string of the molecule is CC1OCCC1C(N)C(F)(F)F. The van der Waals surface area contributed by atoms with Crippen LogP contribution in [0.3, 0.4) is 0 Å². The van der Waals surface area contributed by atoms with Crippen LogP contribution in [0.15, 0.2) is 0 Å². The largest absolute Gasteiger partial charge is 0.404 e. The second kappa shape index (κ2) is 3.22. The Balaban J connectivity index is 2.57. The lowest BCUT2D eigenvalue weighted by atomic mass is 9.94. The van der Waals surface area contributed by atoms with Crippen LogP contribution < -0.4 is 5.73 Å². The minimum Gasteiger partial charge on any atom is -0.378 e. The lowest BCUT2D eigenvalue weighted by Crippen LogP contribution is -2.46. The molecule has 2 N–H and O–H groups in total. The predicted octanol–water partition coefficient (Wildman–Crippen LogP) is 1.30. The number of hydrogen-bond donors (Lipinski definition) is 1. The first-order valence-electron chi connectivity index (χ1n) is 3.87. The molecule has 0 radical (unpaired) electrons. The highest BCUT2D eigenvalue weighted by Gasteiger charge is 2.45. The molecular formula is C7H12F3NO. The molecular weight excluding hydrogens is 171 g/mol. The maximum absolute atomic E-state index is 12.1. The molecule has 5 heteroatoms. The van der Waals surface area contributed by atoms with E-state index in [1.807, 2.05) is 0 Å². The maximum atomic E-state index is 12.1. The summed E-state index contributed by atoms with van der Waals surface area (Å²) in [6, 6.07) is -1.74. The van der Waals surface area contributed by atoms with Crippen LogP contribution in [0, 0.1) is 5.92 Å². The normalized spacial score (nSPS) is 33.8. The molecule has 12 heavy (non-hydrogen) atoms. The molecule has 0 spiro atoms. The predicted molar refractivity (Wildman–Crippen MR) is 37.6 cm³/mol. The summed E-state index contributed by atoms with van der Waals surface area (Å²) >= 11 is 0. The number of nitrogens with two attached hydrogens (primary N) is 1. The third kappa shape index (κ3) is 1.90. The van der Waals surface area contributed by atoms with Gasteiger partial charge in [-0.3, -0.25) is 0 Å². The molecule has 1 heterocycles. The minimum absolute atomic E-state index is 0.373. The van der Waals surface area contributed by atoms with Gasteiger partial charge in [-0.15, -0.1) is 0 Å². The van der Waals surface area contributed by atoms with Crippen molar-refractivity contribution in [2.75, 3.05) is 6.61 Å². The van der Waals surface area contributed by atoms with Crippen LogP contribution in [-0.4, -0.2) is 24.9 Å². The van der Waals surface area contributed by atoms with Crippen LogP contribution in [0.4, 0.5) is 13.2 Å². The molecule has 0 aromatic heterocycles. The second-order valence-corrected chi connectivity index (χ2v) is 3.10. The van der Waals surface area contributed by atoms with E-state index in [4.69, 9.17) is 10.5 Å². The number of ether oxygens (including phenoxy) is 1. The fourth-order valence-corrected chi connectivity index (χ4v) is 1.46.